The third-order valence-corrected chi connectivity index (χ3v) is 1.94. The van der Waals surface area contributed by atoms with E-state index in [1.807, 2.05) is 13.8 Å². The third-order valence-electron chi connectivity index (χ3n) is 1.94. The quantitative estimate of drug-likeness (QED) is 0.561. The Labute approximate surface area is 81.9 Å². The zero-order chi connectivity index (χ0) is 10.1. The first kappa shape index (κ1) is 11.8. The van der Waals surface area contributed by atoms with Crippen molar-refractivity contribution in [1.82, 2.24) is 5.32 Å². The molecule has 0 amide bonds. The summed E-state index contributed by atoms with van der Waals surface area (Å²) >= 11 is 0. The van der Waals surface area contributed by atoms with Gasteiger partial charge in [-0.05, 0) is 39.7 Å². The molecule has 1 heterocycles. The Hall–Kier alpha value is -1.16. The monoisotopic (exact) mass is 177 g/mol. The first-order chi connectivity index (χ1) is 6.29. The van der Waals surface area contributed by atoms with Crippen LogP contribution in [0.1, 0.15) is 34.1 Å². The van der Waals surface area contributed by atoms with Crippen molar-refractivity contribution in [3.8, 4) is 11.8 Å². The van der Waals surface area contributed by atoms with Crippen LogP contribution in [0.15, 0.2) is 23.4 Å². The van der Waals surface area contributed by atoms with E-state index in [1.165, 1.54) is 17.7 Å². The van der Waals surface area contributed by atoms with Crippen LogP contribution in [0.25, 0.3) is 0 Å². The van der Waals surface area contributed by atoms with E-state index >= 15 is 0 Å². The van der Waals surface area contributed by atoms with E-state index in [0.29, 0.717) is 0 Å². The zero-order valence-electron chi connectivity index (χ0n) is 9.07. The summed E-state index contributed by atoms with van der Waals surface area (Å²) in [4.78, 5) is 0. The summed E-state index contributed by atoms with van der Waals surface area (Å²) in [6.07, 6.45) is 5.49. The maximum Gasteiger partial charge on any atom is 0.0326 e. The lowest BCUT2D eigenvalue weighted by Gasteiger charge is -1.96. The second kappa shape index (κ2) is 7.49. The van der Waals surface area contributed by atoms with Crippen LogP contribution in [-0.4, -0.2) is 6.54 Å². The van der Waals surface area contributed by atoms with Crippen molar-refractivity contribution in [2.45, 2.75) is 34.1 Å². The maximum absolute atomic E-state index is 3.30. The van der Waals surface area contributed by atoms with E-state index in [4.69, 9.17) is 0 Å². The molecule has 0 radical (unpaired) electrons. The average Bonchev–Trinajstić information content (AvgIpc) is 2.65. The fourth-order valence-corrected chi connectivity index (χ4v) is 1.17. The smallest absolute Gasteiger partial charge is 0.0326 e. The van der Waals surface area contributed by atoms with Gasteiger partial charge >= 0.3 is 0 Å². The standard InChI is InChI=1S/C8H13N.C4H6/c1-3-7-5-6-9-8(7)4-2;1-3-4-2/h3-4,9H,5-6H2,1-2H3;1-2H3/b7-3-,8-4+;. The molecule has 0 aromatic rings. The van der Waals surface area contributed by atoms with Gasteiger partial charge in [0.2, 0.25) is 0 Å². The highest BCUT2D eigenvalue weighted by atomic mass is 14.9. The summed E-state index contributed by atoms with van der Waals surface area (Å²) in [5.74, 6) is 5.36. The van der Waals surface area contributed by atoms with Gasteiger partial charge in [-0.25, -0.2) is 0 Å². The van der Waals surface area contributed by atoms with Crippen LogP contribution in [0.5, 0.6) is 0 Å². The average molecular weight is 177 g/mol. The molecule has 0 aliphatic carbocycles. The minimum atomic E-state index is 1.11. The highest BCUT2D eigenvalue weighted by Gasteiger charge is 2.08. The third kappa shape index (κ3) is 4.42. The molecule has 0 aromatic carbocycles. The van der Waals surface area contributed by atoms with Crippen molar-refractivity contribution >= 4 is 0 Å². The molecule has 0 atom stereocenters. The number of rotatable bonds is 0. The fourth-order valence-electron chi connectivity index (χ4n) is 1.17. The Kier molecular flexibility index (Phi) is 6.82. The molecular formula is C12H19N. The van der Waals surface area contributed by atoms with Crippen LogP contribution < -0.4 is 5.32 Å². The van der Waals surface area contributed by atoms with Crippen molar-refractivity contribution in [3.63, 3.8) is 0 Å². The molecule has 0 unspecified atom stereocenters. The molecule has 72 valence electrons. The van der Waals surface area contributed by atoms with Gasteiger partial charge in [0.15, 0.2) is 0 Å². The Morgan fingerprint density at radius 2 is 1.77 bits per heavy atom. The Morgan fingerprint density at radius 3 is 2.08 bits per heavy atom. The summed E-state index contributed by atoms with van der Waals surface area (Å²) in [6, 6.07) is 0. The van der Waals surface area contributed by atoms with Crippen LogP contribution >= 0.6 is 0 Å². The summed E-state index contributed by atoms with van der Waals surface area (Å²) in [6.45, 7) is 8.91. The molecule has 1 saturated heterocycles. The molecule has 1 aliphatic heterocycles. The normalized spacial score (nSPS) is 20.0. The topological polar surface area (TPSA) is 12.0 Å². The van der Waals surface area contributed by atoms with Crippen LogP contribution in [0.2, 0.25) is 0 Å². The molecule has 0 aromatic heterocycles. The van der Waals surface area contributed by atoms with Gasteiger partial charge < -0.3 is 5.32 Å². The molecule has 1 nitrogen and oxygen atoms in total. The second-order valence-corrected chi connectivity index (χ2v) is 2.69. The molecule has 1 fully saturated rings. The van der Waals surface area contributed by atoms with E-state index in [2.05, 4.69) is 43.2 Å². The summed E-state index contributed by atoms with van der Waals surface area (Å²) in [5.41, 5.74) is 2.77. The minimum Gasteiger partial charge on any atom is -0.385 e. The number of allylic oxidation sites excluding steroid dienone is 3. The van der Waals surface area contributed by atoms with E-state index in [0.717, 1.165) is 6.54 Å². The van der Waals surface area contributed by atoms with E-state index in [-0.39, 0.29) is 0 Å². The van der Waals surface area contributed by atoms with Crippen molar-refractivity contribution in [2.75, 3.05) is 6.54 Å². The van der Waals surface area contributed by atoms with Gasteiger partial charge in [-0.1, -0.05) is 12.2 Å². The predicted octanol–water partition coefficient (Wildman–Crippen LogP) is 2.86. The minimum absolute atomic E-state index is 1.11. The Bertz CT molecular complexity index is 224. The largest absolute Gasteiger partial charge is 0.385 e. The SMILES string of the molecule is C/C=C1/CCN/C1=C/C.CC#CC. The maximum atomic E-state index is 3.30. The van der Waals surface area contributed by atoms with E-state index in [1.54, 1.807) is 0 Å². The highest BCUT2D eigenvalue weighted by Crippen LogP contribution is 2.16. The fraction of sp³-hybridized carbons (Fsp3) is 0.500. The summed E-state index contributed by atoms with van der Waals surface area (Å²) in [5, 5.41) is 3.30. The van der Waals surface area contributed by atoms with E-state index in [9.17, 15) is 0 Å². The molecule has 0 saturated carbocycles. The van der Waals surface area contributed by atoms with Gasteiger partial charge in [0.1, 0.15) is 0 Å². The second-order valence-electron chi connectivity index (χ2n) is 2.69. The molecule has 1 N–H and O–H groups in total. The van der Waals surface area contributed by atoms with Crippen molar-refractivity contribution < 1.29 is 0 Å². The Balaban J connectivity index is 0.000000310. The predicted molar refractivity (Wildman–Crippen MR) is 59.3 cm³/mol. The lowest BCUT2D eigenvalue weighted by Crippen LogP contribution is -2.02. The lowest BCUT2D eigenvalue weighted by molar-refractivity contribution is 0.913. The molecule has 1 aliphatic rings. The summed E-state index contributed by atoms with van der Waals surface area (Å²) in [7, 11) is 0. The molecule has 13 heavy (non-hydrogen) atoms. The molecular weight excluding hydrogens is 158 g/mol. The Morgan fingerprint density at radius 1 is 1.15 bits per heavy atom. The van der Waals surface area contributed by atoms with Gasteiger partial charge in [-0.15, -0.1) is 11.8 Å². The molecule has 0 spiro atoms. The van der Waals surface area contributed by atoms with Crippen LogP contribution in [0.3, 0.4) is 0 Å². The van der Waals surface area contributed by atoms with Gasteiger partial charge in [0.05, 0.1) is 0 Å². The van der Waals surface area contributed by atoms with E-state index < -0.39 is 0 Å². The van der Waals surface area contributed by atoms with Crippen LogP contribution in [-0.2, 0) is 0 Å². The number of hydrogen-bond acceptors (Lipinski definition) is 1. The van der Waals surface area contributed by atoms with Gasteiger partial charge in [0, 0.05) is 12.2 Å². The first-order valence-corrected chi connectivity index (χ1v) is 4.69. The zero-order valence-corrected chi connectivity index (χ0v) is 9.07. The van der Waals surface area contributed by atoms with Crippen molar-refractivity contribution in [1.29, 1.82) is 0 Å². The number of hydrogen-bond donors (Lipinski definition) is 1. The lowest BCUT2D eigenvalue weighted by atomic mass is 10.2. The van der Waals surface area contributed by atoms with Crippen molar-refractivity contribution in [3.05, 3.63) is 23.4 Å². The summed E-state index contributed by atoms with van der Waals surface area (Å²) < 4.78 is 0. The highest BCUT2D eigenvalue weighted by molar-refractivity contribution is 5.32. The molecule has 1 heteroatoms. The van der Waals surface area contributed by atoms with Gasteiger partial charge in [-0.3, -0.25) is 0 Å². The van der Waals surface area contributed by atoms with Crippen LogP contribution in [0.4, 0.5) is 0 Å². The van der Waals surface area contributed by atoms with Gasteiger partial charge in [0.25, 0.3) is 0 Å². The van der Waals surface area contributed by atoms with Crippen molar-refractivity contribution in [2.24, 2.45) is 0 Å². The first-order valence-electron chi connectivity index (χ1n) is 4.69. The molecule has 1 rings (SSSR count). The van der Waals surface area contributed by atoms with Gasteiger partial charge in [-0.2, -0.15) is 0 Å². The van der Waals surface area contributed by atoms with Crippen LogP contribution in [0, 0.1) is 11.8 Å². The number of nitrogens with one attached hydrogen (secondary N) is 1. The molecule has 0 bridgehead atoms.